The number of rotatable bonds is 6. The van der Waals surface area contributed by atoms with Crippen molar-refractivity contribution in [3.63, 3.8) is 0 Å². The minimum atomic E-state index is -3.46. The molecule has 2 heterocycles. The van der Waals surface area contributed by atoms with Gasteiger partial charge >= 0.3 is 0 Å². The predicted octanol–water partition coefficient (Wildman–Crippen LogP) is 4.24. The lowest BCUT2D eigenvalue weighted by Crippen LogP contribution is -2.49. The fourth-order valence-electron chi connectivity index (χ4n) is 3.95. The number of benzene rings is 2. The van der Waals surface area contributed by atoms with Crippen molar-refractivity contribution in [2.45, 2.75) is 38.0 Å². The number of sulfone groups is 1. The Morgan fingerprint density at radius 2 is 1.75 bits per heavy atom. The maximum absolute atomic E-state index is 12.7. The van der Waals surface area contributed by atoms with Gasteiger partial charge in [-0.15, -0.1) is 0 Å². The third kappa shape index (κ3) is 4.81. The Kier molecular flexibility index (Phi) is 6.53. The van der Waals surface area contributed by atoms with E-state index in [1.54, 1.807) is 40.5 Å². The van der Waals surface area contributed by atoms with E-state index in [1.807, 2.05) is 6.92 Å². The number of carbonyl (C=O) groups is 1. The molecular formula is C24H29N3O3S2. The molecule has 0 atom stereocenters. The third-order valence-corrected chi connectivity index (χ3v) is 8.74. The highest BCUT2D eigenvalue weighted by Crippen LogP contribution is 2.33. The molecule has 0 N–H and O–H groups in total. The zero-order valence-electron chi connectivity index (χ0n) is 18.7. The average Bonchev–Trinajstić information content (AvgIpc) is 3.22. The minimum Gasteiger partial charge on any atom is -0.345 e. The van der Waals surface area contributed by atoms with Crippen LogP contribution in [0.15, 0.2) is 47.4 Å². The van der Waals surface area contributed by atoms with Crippen LogP contribution in [0.2, 0.25) is 0 Å². The standard InChI is InChI=1S/C24H29N3O3S2/c1-17(2)20-5-4-6-21-23(20)25-24(31-21)27-14-12-26(13-15-27)22(28)11-16-32(29,30)19-9-7-18(3)8-10-19/h4-10,17H,11-16H2,1-3H3. The van der Waals surface area contributed by atoms with E-state index in [-0.39, 0.29) is 23.0 Å². The van der Waals surface area contributed by atoms with Gasteiger partial charge < -0.3 is 9.80 Å². The maximum Gasteiger partial charge on any atom is 0.223 e. The Balaban J connectivity index is 1.35. The summed E-state index contributed by atoms with van der Waals surface area (Å²) in [7, 11) is -3.46. The normalized spacial score (nSPS) is 15.0. The van der Waals surface area contributed by atoms with E-state index >= 15 is 0 Å². The number of anilines is 1. The average molecular weight is 472 g/mol. The van der Waals surface area contributed by atoms with Gasteiger partial charge in [0.05, 0.1) is 20.9 Å². The lowest BCUT2D eigenvalue weighted by molar-refractivity contribution is -0.131. The second kappa shape index (κ2) is 9.19. The smallest absolute Gasteiger partial charge is 0.223 e. The summed E-state index contributed by atoms with van der Waals surface area (Å²) in [4.78, 5) is 21.8. The fourth-order valence-corrected chi connectivity index (χ4v) is 6.23. The summed E-state index contributed by atoms with van der Waals surface area (Å²) in [6.07, 6.45) is 0.00902. The van der Waals surface area contributed by atoms with Crippen molar-refractivity contribution in [3.8, 4) is 0 Å². The van der Waals surface area contributed by atoms with Gasteiger partial charge in [0, 0.05) is 32.6 Å². The van der Waals surface area contributed by atoms with Crippen LogP contribution >= 0.6 is 11.3 Å². The highest BCUT2D eigenvalue weighted by atomic mass is 32.2. The van der Waals surface area contributed by atoms with Gasteiger partial charge in [0.15, 0.2) is 15.0 Å². The van der Waals surface area contributed by atoms with E-state index in [1.165, 1.54) is 10.3 Å². The van der Waals surface area contributed by atoms with E-state index in [0.29, 0.717) is 32.1 Å². The second-order valence-corrected chi connectivity index (χ2v) is 11.7. The second-order valence-electron chi connectivity index (χ2n) is 8.59. The fraction of sp³-hybridized carbons (Fsp3) is 0.417. The Morgan fingerprint density at radius 3 is 2.41 bits per heavy atom. The van der Waals surface area contributed by atoms with E-state index in [4.69, 9.17) is 4.98 Å². The number of piperazine rings is 1. The SMILES string of the molecule is Cc1ccc(S(=O)(=O)CCC(=O)N2CCN(c3nc4c(C(C)C)cccc4s3)CC2)cc1. The molecule has 0 radical (unpaired) electrons. The molecule has 1 aliphatic rings. The quantitative estimate of drug-likeness (QED) is 0.538. The molecule has 1 aromatic heterocycles. The third-order valence-electron chi connectivity index (χ3n) is 5.93. The number of hydrogen-bond donors (Lipinski definition) is 0. The molecular weight excluding hydrogens is 442 g/mol. The molecule has 0 unspecified atom stereocenters. The van der Waals surface area contributed by atoms with Gasteiger partial charge in [0.1, 0.15) is 0 Å². The molecule has 1 amide bonds. The summed E-state index contributed by atoms with van der Waals surface area (Å²) >= 11 is 1.69. The maximum atomic E-state index is 12.7. The van der Waals surface area contributed by atoms with Crippen molar-refractivity contribution < 1.29 is 13.2 Å². The minimum absolute atomic E-state index is 0.00902. The topological polar surface area (TPSA) is 70.6 Å². The van der Waals surface area contributed by atoms with Crippen LogP contribution in [0.25, 0.3) is 10.2 Å². The van der Waals surface area contributed by atoms with Crippen molar-refractivity contribution in [2.24, 2.45) is 0 Å². The van der Waals surface area contributed by atoms with Gasteiger partial charge in [-0.2, -0.15) is 0 Å². The molecule has 0 spiro atoms. The molecule has 2 aromatic carbocycles. The summed E-state index contributed by atoms with van der Waals surface area (Å²) in [5, 5.41) is 0.988. The van der Waals surface area contributed by atoms with Gasteiger partial charge in [-0.25, -0.2) is 13.4 Å². The number of amides is 1. The monoisotopic (exact) mass is 471 g/mol. The van der Waals surface area contributed by atoms with Gasteiger partial charge in [0.2, 0.25) is 5.91 Å². The van der Waals surface area contributed by atoms with Crippen molar-refractivity contribution in [1.82, 2.24) is 9.88 Å². The summed E-state index contributed by atoms with van der Waals surface area (Å²) in [5.74, 6) is 0.149. The van der Waals surface area contributed by atoms with Crippen molar-refractivity contribution in [2.75, 3.05) is 36.8 Å². The first-order valence-corrected chi connectivity index (χ1v) is 13.4. The van der Waals surface area contributed by atoms with Crippen LogP contribution in [0, 0.1) is 6.92 Å². The van der Waals surface area contributed by atoms with Crippen LogP contribution in [-0.4, -0.2) is 56.1 Å². The predicted molar refractivity (Wildman–Crippen MR) is 130 cm³/mol. The van der Waals surface area contributed by atoms with Gasteiger partial charge in [-0.3, -0.25) is 4.79 Å². The van der Waals surface area contributed by atoms with Gasteiger partial charge in [-0.05, 0) is 36.6 Å². The number of thiazole rings is 1. The number of fused-ring (bicyclic) bond motifs is 1. The van der Waals surface area contributed by atoms with Crippen molar-refractivity contribution in [3.05, 3.63) is 53.6 Å². The lowest BCUT2D eigenvalue weighted by atomic mass is 10.0. The van der Waals surface area contributed by atoms with Crippen LogP contribution in [-0.2, 0) is 14.6 Å². The molecule has 3 aromatic rings. The summed E-state index contributed by atoms with van der Waals surface area (Å²) in [6.45, 7) is 8.83. The molecule has 170 valence electrons. The van der Waals surface area contributed by atoms with Crippen LogP contribution in [0.3, 0.4) is 0 Å². The zero-order chi connectivity index (χ0) is 22.9. The molecule has 0 bridgehead atoms. The molecule has 6 nitrogen and oxygen atoms in total. The van der Waals surface area contributed by atoms with Gasteiger partial charge in [0.25, 0.3) is 0 Å². The molecule has 1 fully saturated rings. The number of nitrogens with zero attached hydrogens (tertiary/aromatic N) is 3. The largest absolute Gasteiger partial charge is 0.345 e. The lowest BCUT2D eigenvalue weighted by Gasteiger charge is -2.34. The Bertz CT molecular complexity index is 1210. The molecule has 1 aliphatic heterocycles. The number of carbonyl (C=O) groups excluding carboxylic acids is 1. The van der Waals surface area contributed by atoms with E-state index < -0.39 is 9.84 Å². The van der Waals surface area contributed by atoms with Crippen molar-refractivity contribution in [1.29, 1.82) is 0 Å². The van der Waals surface area contributed by atoms with E-state index in [0.717, 1.165) is 16.2 Å². The number of hydrogen-bond acceptors (Lipinski definition) is 6. The first kappa shape index (κ1) is 22.7. The highest BCUT2D eigenvalue weighted by molar-refractivity contribution is 7.91. The molecule has 0 aliphatic carbocycles. The summed E-state index contributed by atoms with van der Waals surface area (Å²) in [5.41, 5.74) is 3.34. The Hall–Kier alpha value is -2.45. The Labute approximate surface area is 193 Å². The molecule has 1 saturated heterocycles. The number of aryl methyl sites for hydroxylation is 1. The zero-order valence-corrected chi connectivity index (χ0v) is 20.4. The van der Waals surface area contributed by atoms with E-state index in [2.05, 4.69) is 36.9 Å². The number of para-hydroxylation sites is 1. The van der Waals surface area contributed by atoms with Crippen LogP contribution in [0.1, 0.15) is 37.3 Å². The summed E-state index contributed by atoms with van der Waals surface area (Å²) < 4.78 is 26.3. The first-order valence-electron chi connectivity index (χ1n) is 11.0. The van der Waals surface area contributed by atoms with E-state index in [9.17, 15) is 13.2 Å². The van der Waals surface area contributed by atoms with Crippen molar-refractivity contribution >= 4 is 42.4 Å². The summed E-state index contributed by atoms with van der Waals surface area (Å²) in [6, 6.07) is 13.1. The van der Waals surface area contributed by atoms with Crippen LogP contribution in [0.5, 0.6) is 0 Å². The number of aromatic nitrogens is 1. The Morgan fingerprint density at radius 1 is 1.06 bits per heavy atom. The molecule has 32 heavy (non-hydrogen) atoms. The molecule has 4 rings (SSSR count). The first-order chi connectivity index (χ1) is 15.2. The van der Waals surface area contributed by atoms with Crippen LogP contribution < -0.4 is 4.90 Å². The molecule has 0 saturated carbocycles. The highest BCUT2D eigenvalue weighted by Gasteiger charge is 2.25. The molecule has 8 heteroatoms. The van der Waals surface area contributed by atoms with Crippen LogP contribution in [0.4, 0.5) is 5.13 Å². The van der Waals surface area contributed by atoms with Gasteiger partial charge in [-0.1, -0.05) is 55.0 Å².